The van der Waals surface area contributed by atoms with Crippen LogP contribution in [0, 0.1) is 12.8 Å². The minimum absolute atomic E-state index is 0.107. The van der Waals surface area contributed by atoms with Crippen molar-refractivity contribution in [3.63, 3.8) is 0 Å². The van der Waals surface area contributed by atoms with Gasteiger partial charge in [0, 0.05) is 35.8 Å². The first kappa shape index (κ1) is 32.6. The number of aryl methyl sites for hydroxylation is 1. The van der Waals surface area contributed by atoms with Crippen LogP contribution in [0.4, 0.5) is 16.3 Å². The minimum Gasteiger partial charge on any atom is -0.493 e. The van der Waals surface area contributed by atoms with E-state index in [9.17, 15) is 9.59 Å². The van der Waals surface area contributed by atoms with Crippen molar-refractivity contribution in [1.82, 2.24) is 14.7 Å². The molecule has 0 saturated carbocycles. The first-order chi connectivity index (χ1) is 22.0. The molecule has 3 amide bonds. The highest BCUT2D eigenvalue weighted by Gasteiger charge is 2.25. The van der Waals surface area contributed by atoms with Crippen LogP contribution in [0.5, 0.6) is 11.5 Å². The Morgan fingerprint density at radius 2 is 1.61 bits per heavy atom. The molecule has 0 radical (unpaired) electrons. The Hall–Kier alpha value is -4.79. The number of nitrogens with zero attached hydrogens (tertiary/aromatic N) is 3. The van der Waals surface area contributed by atoms with E-state index in [4.69, 9.17) is 14.6 Å². The normalized spacial score (nSPS) is 13.7. The molecule has 2 N–H and O–H groups in total. The number of carbonyl (C=O) groups is 2. The van der Waals surface area contributed by atoms with E-state index in [-0.39, 0.29) is 17.4 Å². The van der Waals surface area contributed by atoms with Gasteiger partial charge in [0.2, 0.25) is 5.91 Å². The zero-order valence-corrected chi connectivity index (χ0v) is 27.7. The molecule has 0 bridgehead atoms. The molecular weight excluding hydrogens is 578 g/mol. The molecule has 9 heteroatoms. The lowest BCUT2D eigenvalue weighted by Crippen LogP contribution is -2.39. The summed E-state index contributed by atoms with van der Waals surface area (Å²) in [6.07, 6.45) is 3.13. The van der Waals surface area contributed by atoms with Crippen LogP contribution in [0.1, 0.15) is 56.0 Å². The number of aromatic nitrogens is 2. The number of likely N-dealkylation sites (tertiary alicyclic amines) is 1. The summed E-state index contributed by atoms with van der Waals surface area (Å²) in [4.78, 5) is 28.1. The van der Waals surface area contributed by atoms with Crippen LogP contribution in [-0.4, -0.2) is 53.9 Å². The van der Waals surface area contributed by atoms with Gasteiger partial charge >= 0.3 is 6.03 Å². The van der Waals surface area contributed by atoms with Crippen molar-refractivity contribution in [1.29, 1.82) is 0 Å². The third kappa shape index (κ3) is 7.88. The fourth-order valence-electron chi connectivity index (χ4n) is 5.81. The molecule has 0 atom stereocenters. The van der Waals surface area contributed by atoms with Crippen LogP contribution in [0.25, 0.3) is 5.69 Å². The van der Waals surface area contributed by atoms with Crippen molar-refractivity contribution < 1.29 is 19.1 Å². The second-order valence-corrected chi connectivity index (χ2v) is 13.0. The lowest BCUT2D eigenvalue weighted by Gasteiger charge is -2.32. The predicted molar refractivity (Wildman–Crippen MR) is 182 cm³/mol. The van der Waals surface area contributed by atoms with Gasteiger partial charge in [0.15, 0.2) is 11.5 Å². The highest BCUT2D eigenvalue weighted by Crippen LogP contribution is 2.32. The van der Waals surface area contributed by atoms with Gasteiger partial charge in [0.1, 0.15) is 5.82 Å². The first-order valence-electron chi connectivity index (χ1n) is 15.9. The van der Waals surface area contributed by atoms with Gasteiger partial charge in [-0.2, -0.15) is 5.10 Å². The molecular formula is C37H45N5O4. The number of rotatable bonds is 9. The van der Waals surface area contributed by atoms with Gasteiger partial charge in [0.25, 0.3) is 0 Å². The molecule has 1 aromatic heterocycles. The third-order valence-electron chi connectivity index (χ3n) is 8.53. The highest BCUT2D eigenvalue weighted by molar-refractivity contribution is 5.99. The molecule has 9 nitrogen and oxygen atoms in total. The number of nitrogens with one attached hydrogen (secondary N) is 2. The minimum atomic E-state index is -0.329. The standard InChI is InChI=1S/C37H45N5O4/c1-25-10-16-30(17-11-25)42-33(24-32(40-42)37(2,3)4)39-36(44)38-29-14-12-26(13-15-29)22-27-18-20-41(21-19-27)34(43)23-28-8-7-9-31(45-5)35(28)46-6/h7-17,24,27H,18-23H2,1-6H3,(H2,38,39,44). The zero-order valence-electron chi connectivity index (χ0n) is 27.7. The maximum absolute atomic E-state index is 13.1. The van der Waals surface area contributed by atoms with Crippen LogP contribution in [0.15, 0.2) is 72.8 Å². The van der Waals surface area contributed by atoms with Gasteiger partial charge < -0.3 is 19.7 Å². The summed E-state index contributed by atoms with van der Waals surface area (Å²) >= 11 is 0. The number of ether oxygens (including phenoxy) is 2. The molecule has 1 saturated heterocycles. The summed E-state index contributed by atoms with van der Waals surface area (Å²) in [5.74, 6) is 2.46. The van der Waals surface area contributed by atoms with Crippen LogP contribution < -0.4 is 20.1 Å². The summed E-state index contributed by atoms with van der Waals surface area (Å²) in [5.41, 5.74) is 5.52. The molecule has 4 aromatic rings. The zero-order chi connectivity index (χ0) is 32.8. The molecule has 0 aliphatic carbocycles. The van der Waals surface area contributed by atoms with Gasteiger partial charge in [-0.25, -0.2) is 9.48 Å². The topological polar surface area (TPSA) is 97.7 Å². The van der Waals surface area contributed by atoms with Crippen LogP contribution >= 0.6 is 0 Å². The number of hydrogen-bond donors (Lipinski definition) is 2. The Morgan fingerprint density at radius 3 is 2.24 bits per heavy atom. The van der Waals surface area contributed by atoms with E-state index in [1.807, 2.05) is 72.5 Å². The lowest BCUT2D eigenvalue weighted by atomic mass is 9.90. The maximum atomic E-state index is 13.1. The number of methoxy groups -OCH3 is 2. The highest BCUT2D eigenvalue weighted by atomic mass is 16.5. The molecule has 3 aromatic carbocycles. The average Bonchev–Trinajstić information content (AvgIpc) is 3.46. The van der Waals surface area contributed by atoms with Gasteiger partial charge in [-0.15, -0.1) is 0 Å². The monoisotopic (exact) mass is 623 g/mol. The van der Waals surface area contributed by atoms with E-state index in [0.717, 1.165) is 54.9 Å². The lowest BCUT2D eigenvalue weighted by molar-refractivity contribution is -0.131. The average molecular weight is 624 g/mol. The number of benzene rings is 3. The fourth-order valence-corrected chi connectivity index (χ4v) is 5.81. The molecule has 1 aliphatic heterocycles. The number of amides is 3. The quantitative estimate of drug-likeness (QED) is 0.206. The van der Waals surface area contributed by atoms with Gasteiger partial charge in [-0.05, 0) is 68.0 Å². The number of carbonyl (C=O) groups excluding carboxylic acids is 2. The van der Waals surface area contributed by atoms with Crippen molar-refractivity contribution in [3.8, 4) is 17.2 Å². The summed E-state index contributed by atoms with van der Waals surface area (Å²) < 4.78 is 12.7. The Morgan fingerprint density at radius 1 is 0.913 bits per heavy atom. The summed E-state index contributed by atoms with van der Waals surface area (Å²) in [6, 6.07) is 23.3. The van der Waals surface area contributed by atoms with Crippen molar-refractivity contribution in [2.45, 2.75) is 58.8 Å². The molecule has 0 spiro atoms. The van der Waals surface area contributed by atoms with Crippen molar-refractivity contribution in [2.75, 3.05) is 37.9 Å². The molecule has 2 heterocycles. The van der Waals surface area contributed by atoms with Crippen molar-refractivity contribution in [2.24, 2.45) is 5.92 Å². The third-order valence-corrected chi connectivity index (χ3v) is 8.53. The molecule has 1 aliphatic rings. The molecule has 46 heavy (non-hydrogen) atoms. The van der Waals surface area contributed by atoms with E-state index in [0.29, 0.717) is 35.3 Å². The van der Waals surface area contributed by atoms with Gasteiger partial charge in [0.05, 0.1) is 32.0 Å². The van der Waals surface area contributed by atoms with E-state index in [1.165, 1.54) is 5.56 Å². The smallest absolute Gasteiger partial charge is 0.324 e. The molecule has 242 valence electrons. The van der Waals surface area contributed by atoms with Gasteiger partial charge in [-0.1, -0.05) is 62.7 Å². The second-order valence-electron chi connectivity index (χ2n) is 13.0. The van der Waals surface area contributed by atoms with E-state index < -0.39 is 0 Å². The molecule has 5 rings (SSSR count). The maximum Gasteiger partial charge on any atom is 0.324 e. The predicted octanol–water partition coefficient (Wildman–Crippen LogP) is 7.16. The number of hydrogen-bond acceptors (Lipinski definition) is 5. The van der Waals surface area contributed by atoms with Crippen molar-refractivity contribution in [3.05, 3.63) is 95.2 Å². The Kier molecular flexibility index (Phi) is 9.99. The first-order valence-corrected chi connectivity index (χ1v) is 15.9. The number of piperidine rings is 1. The van der Waals surface area contributed by atoms with Crippen molar-refractivity contribution >= 4 is 23.4 Å². The molecule has 0 unspecified atom stereocenters. The SMILES string of the molecule is COc1cccc(CC(=O)N2CCC(Cc3ccc(NC(=O)Nc4cc(C(C)(C)C)nn4-c4ccc(C)cc4)cc3)CC2)c1OC. The Balaban J connectivity index is 1.14. The van der Waals surface area contributed by atoms with E-state index in [2.05, 4.69) is 43.5 Å². The Labute approximate surface area is 271 Å². The second kappa shape index (κ2) is 14.1. The van der Waals surface area contributed by atoms with Gasteiger partial charge in [-0.3, -0.25) is 10.1 Å². The number of para-hydroxylation sites is 1. The molecule has 1 fully saturated rings. The summed E-state index contributed by atoms with van der Waals surface area (Å²) in [6.45, 7) is 9.83. The summed E-state index contributed by atoms with van der Waals surface area (Å²) in [7, 11) is 3.20. The summed E-state index contributed by atoms with van der Waals surface area (Å²) in [5, 5.41) is 10.7. The van der Waals surface area contributed by atoms with Crippen LogP contribution in [0.2, 0.25) is 0 Å². The number of urea groups is 1. The van der Waals surface area contributed by atoms with E-state index >= 15 is 0 Å². The largest absolute Gasteiger partial charge is 0.493 e. The van der Waals surface area contributed by atoms with Crippen LogP contribution in [-0.2, 0) is 23.1 Å². The fraction of sp³-hybridized carbons (Fsp3) is 0.378. The number of anilines is 2. The Bertz CT molecular complexity index is 1650. The van der Waals surface area contributed by atoms with Crippen LogP contribution in [0.3, 0.4) is 0 Å². The van der Waals surface area contributed by atoms with E-state index in [1.54, 1.807) is 18.9 Å².